The second kappa shape index (κ2) is 8.49. The monoisotopic (exact) mass is 397 g/mol. The summed E-state index contributed by atoms with van der Waals surface area (Å²) in [5, 5.41) is 3.00. The summed E-state index contributed by atoms with van der Waals surface area (Å²) >= 11 is 0. The molecule has 4 saturated carbocycles. The zero-order valence-corrected chi connectivity index (χ0v) is 17.9. The van der Waals surface area contributed by atoms with E-state index in [9.17, 15) is 9.59 Å². The average Bonchev–Trinajstić information content (AvgIpc) is 2.65. The molecule has 4 heteroatoms. The van der Waals surface area contributed by atoms with Gasteiger partial charge in [0.25, 0.3) is 5.91 Å². The number of benzene rings is 1. The van der Waals surface area contributed by atoms with Crippen molar-refractivity contribution < 1.29 is 14.3 Å². The van der Waals surface area contributed by atoms with Gasteiger partial charge < -0.3 is 10.1 Å². The van der Waals surface area contributed by atoms with Crippen LogP contribution < -0.4 is 5.32 Å². The number of ether oxygens (including phenoxy) is 1. The fourth-order valence-corrected chi connectivity index (χ4v) is 6.57. The first-order valence-electron chi connectivity index (χ1n) is 11.4. The molecule has 0 radical (unpaired) electrons. The van der Waals surface area contributed by atoms with Gasteiger partial charge >= 0.3 is 5.97 Å². The highest BCUT2D eigenvalue weighted by Crippen LogP contribution is 2.61. The van der Waals surface area contributed by atoms with E-state index < -0.39 is 6.10 Å². The molecule has 1 N–H and O–H groups in total. The van der Waals surface area contributed by atoms with E-state index in [1.807, 2.05) is 25.1 Å². The quantitative estimate of drug-likeness (QED) is 0.649. The van der Waals surface area contributed by atoms with Crippen molar-refractivity contribution >= 4 is 11.9 Å². The van der Waals surface area contributed by atoms with Crippen LogP contribution in [0.3, 0.4) is 0 Å². The Bertz CT molecular complexity index is 694. The van der Waals surface area contributed by atoms with Crippen LogP contribution in [0.2, 0.25) is 0 Å². The molecule has 4 nitrogen and oxygen atoms in total. The third-order valence-corrected chi connectivity index (χ3v) is 7.46. The SMILES string of the molecule is C[C@@H](CCc1ccccc1)NC(=O)[C@@H](C)OC(=O)CC12CC3CC(CC(C3)C1)C2. The Balaban J connectivity index is 1.22. The maximum Gasteiger partial charge on any atom is 0.307 e. The van der Waals surface area contributed by atoms with Crippen molar-refractivity contribution in [2.75, 3.05) is 0 Å². The summed E-state index contributed by atoms with van der Waals surface area (Å²) in [7, 11) is 0. The first-order chi connectivity index (χ1) is 13.9. The zero-order chi connectivity index (χ0) is 20.4. The van der Waals surface area contributed by atoms with Gasteiger partial charge in [-0.05, 0) is 93.9 Å². The van der Waals surface area contributed by atoms with Crippen LogP contribution in [-0.2, 0) is 20.7 Å². The molecule has 0 spiro atoms. The Labute approximate surface area is 174 Å². The lowest BCUT2D eigenvalue weighted by atomic mass is 9.49. The first-order valence-corrected chi connectivity index (χ1v) is 11.4. The summed E-state index contributed by atoms with van der Waals surface area (Å²) in [4.78, 5) is 25.1. The molecule has 0 unspecified atom stereocenters. The van der Waals surface area contributed by atoms with Gasteiger partial charge in [0.05, 0.1) is 6.42 Å². The van der Waals surface area contributed by atoms with Gasteiger partial charge in [0, 0.05) is 6.04 Å². The van der Waals surface area contributed by atoms with E-state index in [0.717, 1.165) is 30.6 Å². The maximum absolute atomic E-state index is 12.6. The largest absolute Gasteiger partial charge is 0.453 e. The van der Waals surface area contributed by atoms with E-state index in [2.05, 4.69) is 17.4 Å². The van der Waals surface area contributed by atoms with Gasteiger partial charge in [-0.1, -0.05) is 30.3 Å². The molecule has 29 heavy (non-hydrogen) atoms. The number of aryl methyl sites for hydroxylation is 1. The molecular weight excluding hydrogens is 362 g/mol. The Morgan fingerprint density at radius 2 is 1.62 bits per heavy atom. The number of hydrogen-bond donors (Lipinski definition) is 1. The Morgan fingerprint density at radius 3 is 2.21 bits per heavy atom. The second-order valence-corrected chi connectivity index (χ2v) is 10.2. The number of hydrogen-bond acceptors (Lipinski definition) is 3. The normalized spacial score (nSPS) is 31.9. The lowest BCUT2D eigenvalue weighted by Crippen LogP contribution is -2.47. The van der Waals surface area contributed by atoms with Crippen molar-refractivity contribution in [1.29, 1.82) is 0 Å². The zero-order valence-electron chi connectivity index (χ0n) is 17.9. The smallest absolute Gasteiger partial charge is 0.307 e. The lowest BCUT2D eigenvalue weighted by Gasteiger charge is -2.56. The van der Waals surface area contributed by atoms with Crippen LogP contribution in [0.15, 0.2) is 30.3 Å². The molecule has 0 aliphatic heterocycles. The number of esters is 1. The van der Waals surface area contributed by atoms with Crippen molar-refractivity contribution in [2.45, 2.75) is 83.8 Å². The van der Waals surface area contributed by atoms with Crippen LogP contribution in [0.4, 0.5) is 0 Å². The predicted molar refractivity (Wildman–Crippen MR) is 113 cm³/mol. The number of carbonyl (C=O) groups excluding carboxylic acids is 2. The lowest BCUT2D eigenvalue weighted by molar-refractivity contribution is -0.161. The molecule has 1 amide bonds. The van der Waals surface area contributed by atoms with Gasteiger partial charge in [0.15, 0.2) is 6.10 Å². The van der Waals surface area contributed by atoms with Crippen molar-refractivity contribution in [3.05, 3.63) is 35.9 Å². The van der Waals surface area contributed by atoms with Crippen molar-refractivity contribution in [3.8, 4) is 0 Å². The summed E-state index contributed by atoms with van der Waals surface area (Å²) in [5.74, 6) is 2.08. The van der Waals surface area contributed by atoms with E-state index in [-0.39, 0.29) is 23.3 Å². The molecule has 1 aromatic rings. The first kappa shape index (κ1) is 20.4. The molecule has 5 rings (SSSR count). The van der Waals surface area contributed by atoms with Gasteiger partial charge in [-0.25, -0.2) is 0 Å². The van der Waals surface area contributed by atoms with Crippen LogP contribution in [0.25, 0.3) is 0 Å². The molecule has 0 aromatic heterocycles. The standard InChI is InChI=1S/C25H35NO3/c1-17(8-9-19-6-4-3-5-7-19)26-24(28)18(2)29-23(27)16-25-13-20-10-21(14-25)12-22(11-20)15-25/h3-7,17-18,20-22H,8-16H2,1-2H3,(H,26,28)/t17-,18+,20?,21?,22?,25?/m0/s1. The summed E-state index contributed by atoms with van der Waals surface area (Å²) in [6, 6.07) is 10.3. The van der Waals surface area contributed by atoms with Crippen molar-refractivity contribution in [3.63, 3.8) is 0 Å². The average molecular weight is 398 g/mol. The van der Waals surface area contributed by atoms with Crippen LogP contribution in [0.1, 0.15) is 70.8 Å². The fourth-order valence-electron chi connectivity index (χ4n) is 6.57. The summed E-state index contributed by atoms with van der Waals surface area (Å²) in [5.41, 5.74) is 1.43. The highest BCUT2D eigenvalue weighted by Gasteiger charge is 2.51. The minimum absolute atomic E-state index is 0.0482. The topological polar surface area (TPSA) is 55.4 Å². The van der Waals surface area contributed by atoms with Crippen molar-refractivity contribution in [1.82, 2.24) is 5.32 Å². The van der Waals surface area contributed by atoms with E-state index in [1.165, 1.54) is 44.1 Å². The van der Waals surface area contributed by atoms with Gasteiger partial charge in [-0.15, -0.1) is 0 Å². The molecule has 0 saturated heterocycles. The van der Waals surface area contributed by atoms with Gasteiger partial charge in [-0.2, -0.15) is 0 Å². The highest BCUT2D eigenvalue weighted by atomic mass is 16.5. The number of rotatable bonds is 8. The van der Waals surface area contributed by atoms with Crippen LogP contribution in [-0.4, -0.2) is 24.0 Å². The van der Waals surface area contributed by atoms with Crippen LogP contribution in [0, 0.1) is 23.2 Å². The third-order valence-electron chi connectivity index (χ3n) is 7.46. The second-order valence-electron chi connectivity index (χ2n) is 10.2. The fraction of sp³-hybridized carbons (Fsp3) is 0.680. The van der Waals surface area contributed by atoms with E-state index in [1.54, 1.807) is 6.92 Å². The molecular formula is C25H35NO3. The Kier molecular flexibility index (Phi) is 5.98. The molecule has 4 bridgehead atoms. The maximum atomic E-state index is 12.6. The third kappa shape index (κ3) is 5.02. The van der Waals surface area contributed by atoms with Crippen LogP contribution in [0.5, 0.6) is 0 Å². The molecule has 4 aliphatic carbocycles. The summed E-state index contributed by atoms with van der Waals surface area (Å²) in [6.07, 6.45) is 9.22. The minimum Gasteiger partial charge on any atom is -0.453 e. The van der Waals surface area contributed by atoms with Gasteiger partial charge in [-0.3, -0.25) is 9.59 Å². The summed E-state index contributed by atoms with van der Waals surface area (Å²) < 4.78 is 5.56. The van der Waals surface area contributed by atoms with E-state index in [4.69, 9.17) is 4.74 Å². The molecule has 0 heterocycles. The van der Waals surface area contributed by atoms with Crippen LogP contribution >= 0.6 is 0 Å². The number of carbonyl (C=O) groups is 2. The van der Waals surface area contributed by atoms with Gasteiger partial charge in [0.1, 0.15) is 0 Å². The molecule has 1 aromatic carbocycles. The molecule has 2 atom stereocenters. The van der Waals surface area contributed by atoms with E-state index in [0.29, 0.717) is 6.42 Å². The highest BCUT2D eigenvalue weighted by molar-refractivity contribution is 5.83. The molecule has 4 aliphatic rings. The molecule has 158 valence electrons. The molecule has 4 fully saturated rings. The number of amides is 1. The predicted octanol–water partition coefficient (Wildman–Crippen LogP) is 4.66. The van der Waals surface area contributed by atoms with Gasteiger partial charge in [0.2, 0.25) is 0 Å². The van der Waals surface area contributed by atoms with Crippen molar-refractivity contribution in [2.24, 2.45) is 23.2 Å². The Morgan fingerprint density at radius 1 is 1.03 bits per heavy atom. The Hall–Kier alpha value is -1.84. The summed E-state index contributed by atoms with van der Waals surface area (Å²) in [6.45, 7) is 3.70. The number of nitrogens with one attached hydrogen (secondary N) is 1. The minimum atomic E-state index is -0.726. The van der Waals surface area contributed by atoms with E-state index >= 15 is 0 Å².